The van der Waals surface area contributed by atoms with Crippen molar-refractivity contribution in [1.82, 2.24) is 19.9 Å². The predicted octanol–water partition coefficient (Wildman–Crippen LogP) is 4.27. The number of halogens is 3. The third-order valence-electron chi connectivity index (χ3n) is 4.83. The molecular weight excluding hydrogens is 409 g/mol. The highest BCUT2D eigenvalue weighted by Crippen LogP contribution is 2.41. The molecule has 5 rings (SSSR count). The van der Waals surface area contributed by atoms with Crippen LogP contribution < -0.4 is 5.32 Å². The van der Waals surface area contributed by atoms with Gasteiger partial charge in [-0.3, -0.25) is 9.78 Å². The van der Waals surface area contributed by atoms with Crippen molar-refractivity contribution in [3.63, 3.8) is 0 Å². The number of aromatic nitrogens is 4. The van der Waals surface area contributed by atoms with Crippen LogP contribution in [0.25, 0.3) is 22.0 Å². The second-order valence-corrected chi connectivity index (χ2v) is 6.70. The van der Waals surface area contributed by atoms with Gasteiger partial charge in [0.15, 0.2) is 5.69 Å². The molecule has 1 aromatic carbocycles. The van der Waals surface area contributed by atoms with E-state index in [1.54, 1.807) is 30.3 Å². The van der Waals surface area contributed by atoms with E-state index < -0.39 is 17.8 Å². The molecular formula is C21H9F3N6O. The molecule has 1 aliphatic carbocycles. The van der Waals surface area contributed by atoms with E-state index in [1.807, 2.05) is 6.07 Å². The quantitative estimate of drug-likeness (QED) is 0.457. The molecule has 4 aromatic rings. The number of pyridine rings is 2. The largest absolute Gasteiger partial charge is 0.451 e. The van der Waals surface area contributed by atoms with Gasteiger partial charge in [-0.15, -0.1) is 0 Å². The van der Waals surface area contributed by atoms with Crippen molar-refractivity contribution in [1.29, 1.82) is 5.26 Å². The first kappa shape index (κ1) is 18.6. The van der Waals surface area contributed by atoms with E-state index in [2.05, 4.69) is 25.3 Å². The molecule has 0 amide bonds. The lowest BCUT2D eigenvalue weighted by Crippen LogP contribution is -2.13. The van der Waals surface area contributed by atoms with Crippen LogP contribution in [0.3, 0.4) is 0 Å². The maximum Gasteiger partial charge on any atom is 0.451 e. The SMILES string of the molecule is N#Cc1ncccc1Nc1ccc2ncc3c(c2c1)-c1cnc(C(F)(F)F)nc1C3=O. The molecule has 0 atom stereocenters. The van der Waals surface area contributed by atoms with E-state index in [1.165, 1.54) is 12.4 Å². The van der Waals surface area contributed by atoms with Crippen LogP contribution in [-0.2, 0) is 6.18 Å². The first-order valence-electron chi connectivity index (χ1n) is 8.91. The molecule has 31 heavy (non-hydrogen) atoms. The van der Waals surface area contributed by atoms with Crippen LogP contribution in [-0.4, -0.2) is 25.7 Å². The van der Waals surface area contributed by atoms with Crippen molar-refractivity contribution in [3.05, 3.63) is 71.7 Å². The molecule has 3 aromatic heterocycles. The zero-order valence-corrected chi connectivity index (χ0v) is 15.4. The third-order valence-corrected chi connectivity index (χ3v) is 4.83. The van der Waals surface area contributed by atoms with Crippen LogP contribution in [0.15, 0.2) is 48.9 Å². The minimum absolute atomic E-state index is 0.160. The minimum atomic E-state index is -4.76. The molecule has 1 N–H and O–H groups in total. The summed E-state index contributed by atoms with van der Waals surface area (Å²) in [6.45, 7) is 0. The Labute approximate surface area is 172 Å². The van der Waals surface area contributed by atoms with Crippen molar-refractivity contribution < 1.29 is 18.0 Å². The molecule has 10 heteroatoms. The Hall–Kier alpha value is -4.39. The molecule has 0 fully saturated rings. The summed E-state index contributed by atoms with van der Waals surface area (Å²) in [7, 11) is 0. The number of carbonyl (C=O) groups excluding carboxylic acids is 1. The number of nitriles is 1. The van der Waals surface area contributed by atoms with Gasteiger partial charge < -0.3 is 5.32 Å². The van der Waals surface area contributed by atoms with Crippen LogP contribution >= 0.6 is 0 Å². The average Bonchev–Trinajstić information content (AvgIpc) is 3.05. The number of hydrogen-bond acceptors (Lipinski definition) is 7. The Kier molecular flexibility index (Phi) is 3.94. The number of alkyl halides is 3. The number of carbonyl (C=O) groups is 1. The molecule has 0 bridgehead atoms. The maximum absolute atomic E-state index is 13.0. The second kappa shape index (κ2) is 6.56. The van der Waals surface area contributed by atoms with Crippen molar-refractivity contribution in [3.8, 4) is 17.2 Å². The molecule has 0 unspecified atom stereocenters. The molecule has 0 radical (unpaired) electrons. The number of benzene rings is 1. The summed E-state index contributed by atoms with van der Waals surface area (Å²) in [5.74, 6) is -2.00. The maximum atomic E-state index is 13.0. The Balaban J connectivity index is 1.67. The smallest absolute Gasteiger partial charge is 0.353 e. The number of ketones is 1. The molecule has 0 saturated heterocycles. The summed E-state index contributed by atoms with van der Waals surface area (Å²) in [6.07, 6.45) is -0.914. The summed E-state index contributed by atoms with van der Waals surface area (Å²) in [4.78, 5) is 27.8. The molecule has 0 saturated carbocycles. The third kappa shape index (κ3) is 2.95. The number of rotatable bonds is 2. The lowest BCUT2D eigenvalue weighted by Gasteiger charge is -2.11. The fraction of sp³-hybridized carbons (Fsp3) is 0.0476. The second-order valence-electron chi connectivity index (χ2n) is 6.70. The van der Waals surface area contributed by atoms with Gasteiger partial charge in [0.05, 0.1) is 16.8 Å². The molecule has 0 spiro atoms. The van der Waals surface area contributed by atoms with Gasteiger partial charge in [-0.2, -0.15) is 18.4 Å². The van der Waals surface area contributed by atoms with Gasteiger partial charge in [-0.1, -0.05) is 0 Å². The summed E-state index contributed by atoms with van der Waals surface area (Å²) in [5.41, 5.74) is 2.31. The van der Waals surface area contributed by atoms with Crippen LogP contribution in [0.1, 0.15) is 27.6 Å². The zero-order chi connectivity index (χ0) is 21.8. The lowest BCUT2D eigenvalue weighted by molar-refractivity contribution is -0.145. The summed E-state index contributed by atoms with van der Waals surface area (Å²) in [6, 6.07) is 10.5. The van der Waals surface area contributed by atoms with Crippen LogP contribution in [0.2, 0.25) is 0 Å². The molecule has 0 aliphatic heterocycles. The Morgan fingerprint density at radius 2 is 1.84 bits per heavy atom. The van der Waals surface area contributed by atoms with Gasteiger partial charge in [0, 0.05) is 40.8 Å². The molecule has 3 heterocycles. The van der Waals surface area contributed by atoms with Crippen molar-refractivity contribution in [2.24, 2.45) is 0 Å². The predicted molar refractivity (Wildman–Crippen MR) is 103 cm³/mol. The van der Waals surface area contributed by atoms with Crippen LogP contribution in [0, 0.1) is 11.3 Å². The summed E-state index contributed by atoms with van der Waals surface area (Å²) < 4.78 is 39.0. The fourth-order valence-corrected chi connectivity index (χ4v) is 3.49. The number of hydrogen-bond donors (Lipinski definition) is 1. The standard InChI is InChI=1S/C21H9F3N6O/c22-21(23,24)20-28-8-12-17-11-6-10(29-15-2-1-5-26-16(15)7-25)3-4-14(11)27-9-13(17)19(31)18(12)30-20/h1-6,8-9,29H. The van der Waals surface area contributed by atoms with E-state index in [0.717, 1.165) is 6.20 Å². The fourth-order valence-electron chi connectivity index (χ4n) is 3.49. The molecule has 7 nitrogen and oxygen atoms in total. The monoisotopic (exact) mass is 418 g/mol. The highest BCUT2D eigenvalue weighted by molar-refractivity contribution is 6.24. The Bertz CT molecular complexity index is 1440. The van der Waals surface area contributed by atoms with Crippen molar-refractivity contribution >= 4 is 28.1 Å². The highest BCUT2D eigenvalue weighted by atomic mass is 19.4. The van der Waals surface area contributed by atoms with Crippen molar-refractivity contribution in [2.75, 3.05) is 5.32 Å². The van der Waals surface area contributed by atoms with Gasteiger partial charge in [0.2, 0.25) is 11.6 Å². The zero-order valence-electron chi connectivity index (χ0n) is 15.4. The van der Waals surface area contributed by atoms with Gasteiger partial charge >= 0.3 is 6.18 Å². The Morgan fingerprint density at radius 3 is 2.61 bits per heavy atom. The first-order chi connectivity index (χ1) is 14.9. The highest BCUT2D eigenvalue weighted by Gasteiger charge is 2.38. The van der Waals surface area contributed by atoms with Gasteiger partial charge in [-0.25, -0.2) is 15.0 Å². The van der Waals surface area contributed by atoms with E-state index in [-0.39, 0.29) is 22.5 Å². The molecule has 1 aliphatic rings. The summed E-state index contributed by atoms with van der Waals surface area (Å²) in [5, 5.41) is 12.9. The topological polar surface area (TPSA) is 104 Å². The number of nitrogens with zero attached hydrogens (tertiary/aromatic N) is 5. The Morgan fingerprint density at radius 1 is 1.03 bits per heavy atom. The lowest BCUT2D eigenvalue weighted by atomic mass is 10.0. The van der Waals surface area contributed by atoms with Crippen LogP contribution in [0.4, 0.5) is 24.5 Å². The summed E-state index contributed by atoms with van der Waals surface area (Å²) >= 11 is 0. The van der Waals surface area contributed by atoms with Gasteiger partial charge in [-0.05, 0) is 30.3 Å². The number of fused-ring (bicyclic) bond motifs is 5. The minimum Gasteiger partial charge on any atom is -0.353 e. The van der Waals surface area contributed by atoms with E-state index in [0.29, 0.717) is 27.8 Å². The van der Waals surface area contributed by atoms with Crippen molar-refractivity contribution in [2.45, 2.75) is 6.18 Å². The average molecular weight is 418 g/mol. The van der Waals surface area contributed by atoms with Crippen LogP contribution in [0.5, 0.6) is 0 Å². The van der Waals surface area contributed by atoms with E-state index in [4.69, 9.17) is 0 Å². The van der Waals surface area contributed by atoms with Gasteiger partial charge in [0.25, 0.3) is 0 Å². The van der Waals surface area contributed by atoms with E-state index in [9.17, 15) is 23.2 Å². The number of nitrogens with one attached hydrogen (secondary N) is 1. The normalized spacial score (nSPS) is 12.4. The van der Waals surface area contributed by atoms with E-state index >= 15 is 0 Å². The first-order valence-corrected chi connectivity index (χ1v) is 8.91. The molecule has 150 valence electrons. The van der Waals surface area contributed by atoms with Gasteiger partial charge in [0.1, 0.15) is 11.8 Å². The number of anilines is 2.